The van der Waals surface area contributed by atoms with Crippen molar-refractivity contribution in [2.24, 2.45) is 0 Å². The van der Waals surface area contributed by atoms with E-state index in [0.29, 0.717) is 0 Å². The molecule has 0 aromatic heterocycles. The van der Waals surface area contributed by atoms with Crippen molar-refractivity contribution in [3.05, 3.63) is 68.1 Å². The van der Waals surface area contributed by atoms with Gasteiger partial charge in [-0.05, 0) is 62.0 Å². The van der Waals surface area contributed by atoms with Crippen LogP contribution in [0.3, 0.4) is 0 Å². The van der Waals surface area contributed by atoms with Crippen molar-refractivity contribution < 1.29 is 5.11 Å². The Morgan fingerprint density at radius 1 is 0.941 bits per heavy atom. The molecule has 2 aromatic carbocycles. The van der Waals surface area contributed by atoms with Gasteiger partial charge in [0.05, 0.1) is 0 Å². The summed E-state index contributed by atoms with van der Waals surface area (Å²) < 4.78 is 1.93. The molecule has 0 bridgehead atoms. The van der Waals surface area contributed by atoms with Crippen LogP contribution in [0.25, 0.3) is 0 Å². The van der Waals surface area contributed by atoms with Gasteiger partial charge in [-0.2, -0.15) is 0 Å². The third-order valence-corrected chi connectivity index (χ3v) is 4.50. The van der Waals surface area contributed by atoms with Crippen LogP contribution in [0.4, 0.5) is 0 Å². The SMILES string of the molecule is Cc1cccc(C(O)c2ccc(Br)c(Br)c2)c1. The molecule has 2 aromatic rings. The number of aliphatic hydroxyl groups excluding tert-OH is 1. The number of benzene rings is 2. The van der Waals surface area contributed by atoms with Gasteiger partial charge in [0.1, 0.15) is 6.10 Å². The van der Waals surface area contributed by atoms with Gasteiger partial charge in [0.15, 0.2) is 0 Å². The van der Waals surface area contributed by atoms with Gasteiger partial charge in [-0.15, -0.1) is 0 Å². The van der Waals surface area contributed by atoms with E-state index >= 15 is 0 Å². The molecule has 1 atom stereocenters. The summed E-state index contributed by atoms with van der Waals surface area (Å²) in [6.45, 7) is 2.02. The van der Waals surface area contributed by atoms with Gasteiger partial charge >= 0.3 is 0 Å². The minimum Gasteiger partial charge on any atom is -0.384 e. The number of rotatable bonds is 2. The van der Waals surface area contributed by atoms with E-state index in [4.69, 9.17) is 0 Å². The Morgan fingerprint density at radius 2 is 1.65 bits per heavy atom. The Hall–Kier alpha value is -0.640. The van der Waals surface area contributed by atoms with Gasteiger partial charge in [0.2, 0.25) is 0 Å². The number of halogens is 2. The van der Waals surface area contributed by atoms with Crippen LogP contribution in [-0.2, 0) is 0 Å². The first kappa shape index (κ1) is 12.8. The first-order valence-electron chi connectivity index (χ1n) is 5.27. The molecule has 0 aliphatic carbocycles. The summed E-state index contributed by atoms with van der Waals surface area (Å²) in [5.74, 6) is 0. The van der Waals surface area contributed by atoms with Crippen molar-refractivity contribution in [3.63, 3.8) is 0 Å². The molecule has 1 nitrogen and oxygen atoms in total. The first-order chi connectivity index (χ1) is 8.08. The monoisotopic (exact) mass is 354 g/mol. The number of hydrogen-bond donors (Lipinski definition) is 1. The van der Waals surface area contributed by atoms with Crippen LogP contribution in [-0.4, -0.2) is 5.11 Å². The second kappa shape index (κ2) is 5.34. The number of aliphatic hydroxyl groups is 1. The Kier molecular flexibility index (Phi) is 4.02. The zero-order chi connectivity index (χ0) is 12.4. The third-order valence-electron chi connectivity index (χ3n) is 2.62. The molecule has 0 heterocycles. The summed E-state index contributed by atoms with van der Waals surface area (Å²) >= 11 is 6.86. The van der Waals surface area contributed by atoms with Crippen LogP contribution < -0.4 is 0 Å². The number of aryl methyl sites for hydroxylation is 1. The minimum atomic E-state index is -0.584. The van der Waals surface area contributed by atoms with Gasteiger partial charge in [-0.3, -0.25) is 0 Å². The van der Waals surface area contributed by atoms with Crippen LogP contribution in [0, 0.1) is 6.92 Å². The van der Waals surface area contributed by atoms with Gasteiger partial charge in [0.25, 0.3) is 0 Å². The molecule has 0 aliphatic heterocycles. The highest BCUT2D eigenvalue weighted by Crippen LogP contribution is 2.29. The maximum absolute atomic E-state index is 10.3. The van der Waals surface area contributed by atoms with E-state index in [1.807, 2.05) is 49.4 Å². The molecule has 0 spiro atoms. The van der Waals surface area contributed by atoms with E-state index in [-0.39, 0.29) is 0 Å². The van der Waals surface area contributed by atoms with E-state index in [1.165, 1.54) is 0 Å². The van der Waals surface area contributed by atoms with Crippen LogP contribution in [0.15, 0.2) is 51.4 Å². The lowest BCUT2D eigenvalue weighted by molar-refractivity contribution is 0.220. The second-order valence-electron chi connectivity index (χ2n) is 3.99. The van der Waals surface area contributed by atoms with Crippen LogP contribution >= 0.6 is 31.9 Å². The molecule has 0 saturated heterocycles. The molecule has 88 valence electrons. The van der Waals surface area contributed by atoms with E-state index in [0.717, 1.165) is 25.6 Å². The Bertz CT molecular complexity index is 537. The van der Waals surface area contributed by atoms with E-state index in [2.05, 4.69) is 31.9 Å². The topological polar surface area (TPSA) is 20.2 Å². The van der Waals surface area contributed by atoms with E-state index in [1.54, 1.807) is 0 Å². The Balaban J connectivity index is 2.36. The largest absolute Gasteiger partial charge is 0.384 e. The Labute approximate surface area is 118 Å². The van der Waals surface area contributed by atoms with Gasteiger partial charge < -0.3 is 5.11 Å². The molecule has 1 N–H and O–H groups in total. The molecule has 0 saturated carbocycles. The highest BCUT2D eigenvalue weighted by atomic mass is 79.9. The van der Waals surface area contributed by atoms with Gasteiger partial charge in [0, 0.05) is 8.95 Å². The maximum atomic E-state index is 10.3. The zero-order valence-corrected chi connectivity index (χ0v) is 12.5. The average molecular weight is 356 g/mol. The third kappa shape index (κ3) is 2.97. The lowest BCUT2D eigenvalue weighted by Crippen LogP contribution is -1.99. The molecule has 3 heteroatoms. The van der Waals surface area contributed by atoms with Gasteiger partial charge in [-0.25, -0.2) is 0 Å². The van der Waals surface area contributed by atoms with Crippen molar-refractivity contribution in [1.29, 1.82) is 0 Å². The van der Waals surface area contributed by atoms with E-state index in [9.17, 15) is 5.11 Å². The van der Waals surface area contributed by atoms with Crippen molar-refractivity contribution >= 4 is 31.9 Å². The smallest absolute Gasteiger partial charge is 0.104 e. The molecule has 17 heavy (non-hydrogen) atoms. The van der Waals surface area contributed by atoms with Crippen molar-refractivity contribution in [2.75, 3.05) is 0 Å². The summed E-state index contributed by atoms with van der Waals surface area (Å²) in [6, 6.07) is 13.7. The molecule has 2 rings (SSSR count). The van der Waals surface area contributed by atoms with Crippen molar-refractivity contribution in [2.45, 2.75) is 13.0 Å². The molecular weight excluding hydrogens is 344 g/mol. The summed E-state index contributed by atoms with van der Waals surface area (Å²) in [6.07, 6.45) is -0.584. The molecular formula is C14H12Br2O. The van der Waals surface area contributed by atoms with Crippen molar-refractivity contribution in [1.82, 2.24) is 0 Å². The Morgan fingerprint density at radius 3 is 2.29 bits per heavy atom. The normalized spacial score (nSPS) is 12.5. The lowest BCUT2D eigenvalue weighted by Gasteiger charge is -2.13. The summed E-state index contributed by atoms with van der Waals surface area (Å²) in [5.41, 5.74) is 2.95. The van der Waals surface area contributed by atoms with Crippen LogP contribution in [0.1, 0.15) is 22.8 Å². The fraction of sp³-hybridized carbons (Fsp3) is 0.143. The highest BCUT2D eigenvalue weighted by Gasteiger charge is 2.11. The number of hydrogen-bond acceptors (Lipinski definition) is 1. The average Bonchev–Trinajstić information content (AvgIpc) is 2.32. The zero-order valence-electron chi connectivity index (χ0n) is 9.32. The summed E-state index contributed by atoms with van der Waals surface area (Å²) in [7, 11) is 0. The summed E-state index contributed by atoms with van der Waals surface area (Å²) in [5, 5.41) is 10.3. The fourth-order valence-electron chi connectivity index (χ4n) is 1.72. The second-order valence-corrected chi connectivity index (χ2v) is 5.70. The molecule has 0 fully saturated rings. The fourth-order valence-corrected chi connectivity index (χ4v) is 2.36. The van der Waals surface area contributed by atoms with Gasteiger partial charge in [-0.1, -0.05) is 35.9 Å². The predicted octanol–water partition coefficient (Wildman–Crippen LogP) is 4.60. The van der Waals surface area contributed by atoms with E-state index < -0.39 is 6.10 Å². The predicted molar refractivity (Wildman–Crippen MR) is 77.1 cm³/mol. The molecule has 0 aliphatic rings. The molecule has 0 radical (unpaired) electrons. The summed E-state index contributed by atoms with van der Waals surface area (Å²) in [4.78, 5) is 0. The van der Waals surface area contributed by atoms with Crippen molar-refractivity contribution in [3.8, 4) is 0 Å². The highest BCUT2D eigenvalue weighted by molar-refractivity contribution is 9.13. The molecule has 0 amide bonds. The first-order valence-corrected chi connectivity index (χ1v) is 6.86. The molecule has 1 unspecified atom stereocenters. The maximum Gasteiger partial charge on any atom is 0.104 e. The standard InChI is InChI=1S/C14H12Br2O/c1-9-3-2-4-10(7-9)14(17)11-5-6-12(15)13(16)8-11/h2-8,14,17H,1H3. The van der Waals surface area contributed by atoms with Crippen LogP contribution in [0.5, 0.6) is 0 Å². The van der Waals surface area contributed by atoms with Crippen LogP contribution in [0.2, 0.25) is 0 Å². The lowest BCUT2D eigenvalue weighted by atomic mass is 10.0. The quantitative estimate of drug-likeness (QED) is 0.834. The minimum absolute atomic E-state index is 0.584.